The highest BCUT2D eigenvalue weighted by molar-refractivity contribution is 6.30. The zero-order chi connectivity index (χ0) is 25.4. The maximum atomic E-state index is 11.1. The first-order valence-corrected chi connectivity index (χ1v) is 11.9. The van der Waals surface area contributed by atoms with Crippen molar-refractivity contribution in [1.29, 1.82) is 0 Å². The molecule has 0 aliphatic heterocycles. The summed E-state index contributed by atoms with van der Waals surface area (Å²) < 4.78 is 21.7. The van der Waals surface area contributed by atoms with Gasteiger partial charge in [-0.05, 0) is 66.4 Å². The quantitative estimate of drug-likeness (QED) is 0.353. The third-order valence-corrected chi connectivity index (χ3v) is 6.31. The molecule has 0 aromatic heterocycles. The second-order valence-electron chi connectivity index (χ2n) is 8.43. The molecule has 0 spiro atoms. The van der Waals surface area contributed by atoms with E-state index in [4.69, 9.17) is 30.5 Å². The third-order valence-electron chi connectivity index (χ3n) is 6.08. The van der Waals surface area contributed by atoms with Gasteiger partial charge in [0.2, 0.25) is 0 Å². The first-order chi connectivity index (χ1) is 16.9. The van der Waals surface area contributed by atoms with E-state index < -0.39 is 6.10 Å². The van der Waals surface area contributed by atoms with Crippen molar-refractivity contribution in [1.82, 2.24) is 4.90 Å². The van der Waals surface area contributed by atoms with Gasteiger partial charge in [0, 0.05) is 24.2 Å². The molecular weight excluding hydrogens is 466 g/mol. The van der Waals surface area contributed by atoms with Gasteiger partial charge in [-0.25, -0.2) is 0 Å². The minimum atomic E-state index is -0.693. The molecule has 3 aromatic rings. The molecule has 188 valence electrons. The highest BCUT2D eigenvalue weighted by atomic mass is 35.5. The summed E-state index contributed by atoms with van der Waals surface area (Å²) in [6.45, 7) is 3.21. The van der Waals surface area contributed by atoms with Crippen LogP contribution in [0.25, 0.3) is 0 Å². The van der Waals surface area contributed by atoms with Gasteiger partial charge in [-0.1, -0.05) is 35.9 Å². The van der Waals surface area contributed by atoms with Crippen LogP contribution >= 0.6 is 11.6 Å². The van der Waals surface area contributed by atoms with Crippen molar-refractivity contribution in [2.75, 3.05) is 35.0 Å². The fraction of sp³-hybridized carbons (Fsp3) is 0.357. The predicted octanol–water partition coefficient (Wildman–Crippen LogP) is 5.54. The van der Waals surface area contributed by atoms with Crippen molar-refractivity contribution >= 4 is 11.6 Å². The maximum Gasteiger partial charge on any atom is 0.161 e. The summed E-state index contributed by atoms with van der Waals surface area (Å²) in [5.74, 6) is 2.75. The molecule has 0 amide bonds. The SMILES string of the molecule is COc1ccc(CC(C)N(Cc2ccc(OC)c(OC)c2)CC(O)c2cccc(Cl)c2)cc1OC. The smallest absolute Gasteiger partial charge is 0.161 e. The van der Waals surface area contributed by atoms with Crippen molar-refractivity contribution in [3.63, 3.8) is 0 Å². The van der Waals surface area contributed by atoms with Crippen molar-refractivity contribution in [3.8, 4) is 23.0 Å². The number of hydrogen-bond donors (Lipinski definition) is 1. The molecule has 0 aliphatic rings. The van der Waals surface area contributed by atoms with E-state index in [1.165, 1.54) is 0 Å². The largest absolute Gasteiger partial charge is 0.493 e. The van der Waals surface area contributed by atoms with E-state index in [0.717, 1.165) is 23.1 Å². The first kappa shape index (κ1) is 26.7. The van der Waals surface area contributed by atoms with E-state index in [2.05, 4.69) is 11.8 Å². The van der Waals surface area contributed by atoms with Crippen LogP contribution in [0.3, 0.4) is 0 Å². The summed E-state index contributed by atoms with van der Waals surface area (Å²) >= 11 is 6.17. The molecule has 0 bridgehead atoms. The molecular formula is C28H34ClNO5. The molecule has 6 nitrogen and oxygen atoms in total. The predicted molar refractivity (Wildman–Crippen MR) is 139 cm³/mol. The average molecular weight is 500 g/mol. The number of benzene rings is 3. The van der Waals surface area contributed by atoms with Gasteiger partial charge in [0.05, 0.1) is 34.5 Å². The minimum absolute atomic E-state index is 0.107. The molecule has 0 fully saturated rings. The summed E-state index contributed by atoms with van der Waals surface area (Å²) in [6, 6.07) is 19.3. The number of nitrogens with zero attached hydrogens (tertiary/aromatic N) is 1. The highest BCUT2D eigenvalue weighted by Crippen LogP contribution is 2.31. The van der Waals surface area contributed by atoms with Gasteiger partial charge in [-0.2, -0.15) is 0 Å². The Labute approximate surface area is 213 Å². The van der Waals surface area contributed by atoms with E-state index in [1.54, 1.807) is 40.6 Å². The van der Waals surface area contributed by atoms with Gasteiger partial charge >= 0.3 is 0 Å². The van der Waals surface area contributed by atoms with E-state index in [9.17, 15) is 5.11 Å². The monoisotopic (exact) mass is 499 g/mol. The molecule has 3 aromatic carbocycles. The third kappa shape index (κ3) is 7.04. The summed E-state index contributed by atoms with van der Waals surface area (Å²) in [7, 11) is 6.51. The van der Waals surface area contributed by atoms with E-state index in [-0.39, 0.29) is 6.04 Å². The Morgan fingerprint density at radius 3 is 1.91 bits per heavy atom. The van der Waals surface area contributed by atoms with Crippen LogP contribution in [0.1, 0.15) is 29.7 Å². The second kappa shape index (κ2) is 12.7. The van der Waals surface area contributed by atoms with Crippen molar-refractivity contribution in [3.05, 3.63) is 82.4 Å². The number of methoxy groups -OCH3 is 4. The Hall–Kier alpha value is -2.93. The Bertz CT molecular complexity index is 1110. The lowest BCUT2D eigenvalue weighted by Gasteiger charge is -2.32. The molecule has 0 saturated carbocycles. The van der Waals surface area contributed by atoms with Crippen LogP contribution < -0.4 is 18.9 Å². The van der Waals surface area contributed by atoms with Gasteiger partial charge < -0.3 is 24.1 Å². The highest BCUT2D eigenvalue weighted by Gasteiger charge is 2.21. The summed E-state index contributed by atoms with van der Waals surface area (Å²) in [6.07, 6.45) is 0.0670. The van der Waals surface area contributed by atoms with Gasteiger partial charge in [-0.15, -0.1) is 0 Å². The molecule has 3 rings (SSSR count). The maximum absolute atomic E-state index is 11.1. The number of halogens is 1. The minimum Gasteiger partial charge on any atom is -0.493 e. The Balaban J connectivity index is 1.86. The van der Waals surface area contributed by atoms with E-state index >= 15 is 0 Å². The van der Waals surface area contributed by atoms with Crippen LogP contribution in [-0.2, 0) is 13.0 Å². The normalized spacial score (nSPS) is 12.8. The molecule has 0 saturated heterocycles. The lowest BCUT2D eigenvalue weighted by Crippen LogP contribution is -2.37. The van der Waals surface area contributed by atoms with Gasteiger partial charge in [0.25, 0.3) is 0 Å². The van der Waals surface area contributed by atoms with E-state index in [1.807, 2.05) is 48.5 Å². The lowest BCUT2D eigenvalue weighted by atomic mass is 10.0. The summed E-state index contributed by atoms with van der Waals surface area (Å²) in [5, 5.41) is 11.7. The van der Waals surface area contributed by atoms with Crippen molar-refractivity contribution < 1.29 is 24.1 Å². The Kier molecular flexibility index (Phi) is 9.66. The van der Waals surface area contributed by atoms with Gasteiger partial charge in [-0.3, -0.25) is 4.90 Å². The van der Waals surface area contributed by atoms with Crippen LogP contribution in [0.5, 0.6) is 23.0 Å². The standard InChI is InChI=1S/C28H34ClNO5/c1-19(13-20-9-11-25(32-2)27(14-20)34-4)30(18-24(31)22-7-6-8-23(29)16-22)17-21-10-12-26(33-3)28(15-21)35-5/h6-12,14-16,19,24,31H,13,17-18H2,1-5H3. The molecule has 2 unspecified atom stereocenters. The van der Waals surface area contributed by atoms with Crippen LogP contribution in [0.4, 0.5) is 0 Å². The Morgan fingerprint density at radius 2 is 1.34 bits per heavy atom. The molecule has 0 heterocycles. The molecule has 7 heteroatoms. The number of rotatable bonds is 12. The fourth-order valence-electron chi connectivity index (χ4n) is 4.13. The molecule has 0 aliphatic carbocycles. The zero-order valence-corrected chi connectivity index (χ0v) is 21.7. The second-order valence-corrected chi connectivity index (χ2v) is 8.87. The average Bonchev–Trinajstić information content (AvgIpc) is 2.87. The van der Waals surface area contributed by atoms with Gasteiger partial charge in [0.15, 0.2) is 23.0 Å². The first-order valence-electron chi connectivity index (χ1n) is 11.5. The molecule has 35 heavy (non-hydrogen) atoms. The molecule has 0 radical (unpaired) electrons. The van der Waals surface area contributed by atoms with E-state index in [0.29, 0.717) is 41.1 Å². The van der Waals surface area contributed by atoms with Crippen LogP contribution in [-0.4, -0.2) is 51.0 Å². The lowest BCUT2D eigenvalue weighted by molar-refractivity contribution is 0.0858. The van der Waals surface area contributed by atoms with Crippen LogP contribution in [0.15, 0.2) is 60.7 Å². The number of aliphatic hydroxyl groups is 1. The van der Waals surface area contributed by atoms with Crippen molar-refractivity contribution in [2.45, 2.75) is 32.0 Å². The van der Waals surface area contributed by atoms with Crippen LogP contribution in [0.2, 0.25) is 5.02 Å². The number of aliphatic hydroxyl groups excluding tert-OH is 1. The fourth-order valence-corrected chi connectivity index (χ4v) is 4.33. The summed E-state index contributed by atoms with van der Waals surface area (Å²) in [5.41, 5.74) is 2.96. The Morgan fingerprint density at radius 1 is 0.771 bits per heavy atom. The number of ether oxygens (including phenoxy) is 4. The number of hydrogen-bond acceptors (Lipinski definition) is 6. The van der Waals surface area contributed by atoms with Gasteiger partial charge in [0.1, 0.15) is 0 Å². The zero-order valence-electron chi connectivity index (χ0n) is 21.0. The van der Waals surface area contributed by atoms with Crippen LogP contribution in [0, 0.1) is 0 Å². The van der Waals surface area contributed by atoms with Crippen molar-refractivity contribution in [2.24, 2.45) is 0 Å². The topological polar surface area (TPSA) is 60.4 Å². The molecule has 1 N–H and O–H groups in total. The molecule has 2 atom stereocenters. The summed E-state index contributed by atoms with van der Waals surface area (Å²) in [4.78, 5) is 2.25.